The van der Waals surface area contributed by atoms with Gasteiger partial charge in [-0.05, 0) is 19.4 Å². The van der Waals surface area contributed by atoms with Crippen LogP contribution in [0.2, 0.25) is 0 Å². The number of nitrogens with zero attached hydrogens (tertiary/aromatic N) is 5. The summed E-state index contributed by atoms with van der Waals surface area (Å²) in [4.78, 5) is 12.6. The van der Waals surface area contributed by atoms with Gasteiger partial charge in [0.15, 0.2) is 5.69 Å². The van der Waals surface area contributed by atoms with Crippen molar-refractivity contribution in [1.82, 2.24) is 30.1 Å². The highest BCUT2D eigenvalue weighted by molar-refractivity contribution is 5.93. The number of carbonyl (C=O) groups excluding carboxylic acids is 1. The lowest BCUT2D eigenvalue weighted by atomic mass is 10.1. The molecule has 1 amide bonds. The number of aryl methyl sites for hydroxylation is 2. The minimum Gasteiger partial charge on any atom is -0.365 e. The van der Waals surface area contributed by atoms with Crippen molar-refractivity contribution in [3.63, 3.8) is 0 Å². The summed E-state index contributed by atoms with van der Waals surface area (Å²) in [5.74, 6) is -0.249. The Labute approximate surface area is 157 Å². The van der Waals surface area contributed by atoms with Crippen LogP contribution in [0.15, 0.2) is 30.3 Å². The summed E-state index contributed by atoms with van der Waals surface area (Å²) in [7, 11) is 1.89. The van der Waals surface area contributed by atoms with Gasteiger partial charge in [0.05, 0.1) is 24.5 Å². The van der Waals surface area contributed by atoms with Crippen molar-refractivity contribution >= 4 is 5.91 Å². The summed E-state index contributed by atoms with van der Waals surface area (Å²) in [6.07, 6.45) is -0.0861. The summed E-state index contributed by atoms with van der Waals surface area (Å²) in [5, 5.41) is 15.5. The Bertz CT molecular complexity index is 976. The van der Waals surface area contributed by atoms with Crippen LogP contribution in [0.3, 0.4) is 0 Å². The predicted octanol–water partition coefficient (Wildman–Crippen LogP) is 1.83. The SMILES string of the molecule is Cc1nn(C)c(C)c1CNC(=O)c1nnn2c1CO[C@H](c1ccccc1)C2. The third-order valence-electron chi connectivity index (χ3n) is 5.07. The van der Waals surface area contributed by atoms with Gasteiger partial charge >= 0.3 is 0 Å². The fraction of sp³-hybridized carbons (Fsp3) is 0.368. The minimum atomic E-state index is -0.249. The standard InChI is InChI=1S/C19H22N6O2/c1-12-15(13(2)24(3)22-12)9-20-19(26)18-16-11-27-17(10-25(16)23-21-18)14-7-5-4-6-8-14/h4-8,17H,9-11H2,1-3H3,(H,20,26)/t17-/m0/s1. The van der Waals surface area contributed by atoms with E-state index in [0.29, 0.717) is 31.1 Å². The molecule has 8 nitrogen and oxygen atoms in total. The molecule has 3 aromatic rings. The lowest BCUT2D eigenvalue weighted by Gasteiger charge is -2.24. The molecule has 27 heavy (non-hydrogen) atoms. The number of ether oxygens (including phenoxy) is 1. The molecule has 0 saturated carbocycles. The Morgan fingerprint density at radius 3 is 2.78 bits per heavy atom. The minimum absolute atomic E-state index is 0.0861. The molecule has 140 valence electrons. The molecule has 1 aliphatic rings. The lowest BCUT2D eigenvalue weighted by molar-refractivity contribution is -0.00177. The Kier molecular flexibility index (Phi) is 4.49. The van der Waals surface area contributed by atoms with E-state index in [9.17, 15) is 4.79 Å². The van der Waals surface area contributed by atoms with Crippen LogP contribution in [0.25, 0.3) is 0 Å². The highest BCUT2D eigenvalue weighted by Gasteiger charge is 2.27. The van der Waals surface area contributed by atoms with Gasteiger partial charge in [-0.25, -0.2) is 4.68 Å². The van der Waals surface area contributed by atoms with E-state index in [1.807, 2.05) is 55.9 Å². The first-order valence-corrected chi connectivity index (χ1v) is 8.90. The summed E-state index contributed by atoms with van der Waals surface area (Å²) < 4.78 is 9.52. The van der Waals surface area contributed by atoms with Gasteiger partial charge in [-0.1, -0.05) is 35.5 Å². The molecule has 1 aromatic carbocycles. The van der Waals surface area contributed by atoms with E-state index in [1.54, 1.807) is 4.68 Å². The maximum Gasteiger partial charge on any atom is 0.274 e. The number of hydrogen-bond acceptors (Lipinski definition) is 5. The highest BCUT2D eigenvalue weighted by atomic mass is 16.5. The summed E-state index contributed by atoms with van der Waals surface area (Å²) in [5.41, 5.74) is 5.08. The van der Waals surface area contributed by atoms with Crippen molar-refractivity contribution in [1.29, 1.82) is 0 Å². The molecule has 1 N–H and O–H groups in total. The first kappa shape index (κ1) is 17.4. The number of fused-ring (bicyclic) bond motifs is 1. The molecule has 4 rings (SSSR count). The fourth-order valence-corrected chi connectivity index (χ4v) is 3.38. The fourth-order valence-electron chi connectivity index (χ4n) is 3.38. The monoisotopic (exact) mass is 366 g/mol. The van der Waals surface area contributed by atoms with Crippen LogP contribution < -0.4 is 5.32 Å². The van der Waals surface area contributed by atoms with E-state index >= 15 is 0 Å². The third kappa shape index (κ3) is 3.23. The molecular weight excluding hydrogens is 344 g/mol. The molecule has 1 atom stereocenters. The lowest BCUT2D eigenvalue weighted by Crippen LogP contribution is -2.27. The molecule has 0 aliphatic carbocycles. The number of benzene rings is 1. The first-order valence-electron chi connectivity index (χ1n) is 8.90. The highest BCUT2D eigenvalue weighted by Crippen LogP contribution is 2.26. The topological polar surface area (TPSA) is 86.9 Å². The molecule has 0 saturated heterocycles. The van der Waals surface area contributed by atoms with Crippen LogP contribution in [-0.2, 0) is 31.5 Å². The smallest absolute Gasteiger partial charge is 0.274 e. The molecule has 0 spiro atoms. The van der Waals surface area contributed by atoms with Gasteiger partial charge < -0.3 is 10.1 Å². The number of rotatable bonds is 4. The van der Waals surface area contributed by atoms with E-state index in [1.165, 1.54) is 0 Å². The third-order valence-corrected chi connectivity index (χ3v) is 5.07. The zero-order valence-electron chi connectivity index (χ0n) is 15.6. The molecule has 0 fully saturated rings. The van der Waals surface area contributed by atoms with E-state index < -0.39 is 0 Å². The van der Waals surface area contributed by atoms with Crippen LogP contribution in [-0.4, -0.2) is 30.7 Å². The second kappa shape index (κ2) is 6.96. The number of carbonyl (C=O) groups is 1. The average Bonchev–Trinajstić information content (AvgIpc) is 3.21. The van der Waals surface area contributed by atoms with Crippen molar-refractivity contribution in [2.24, 2.45) is 7.05 Å². The van der Waals surface area contributed by atoms with Gasteiger partial charge in [0, 0.05) is 24.8 Å². The van der Waals surface area contributed by atoms with Crippen LogP contribution in [0, 0.1) is 13.8 Å². The largest absolute Gasteiger partial charge is 0.365 e. The normalized spacial score (nSPS) is 16.2. The van der Waals surface area contributed by atoms with E-state index in [4.69, 9.17) is 4.74 Å². The van der Waals surface area contributed by atoms with Crippen molar-refractivity contribution in [2.75, 3.05) is 0 Å². The molecule has 0 unspecified atom stereocenters. The molecule has 0 bridgehead atoms. The van der Waals surface area contributed by atoms with Crippen LogP contribution in [0.4, 0.5) is 0 Å². The Morgan fingerprint density at radius 1 is 1.30 bits per heavy atom. The second-order valence-electron chi connectivity index (χ2n) is 6.73. The molecular formula is C19H22N6O2. The molecule has 0 radical (unpaired) electrons. The molecule has 3 heterocycles. The average molecular weight is 366 g/mol. The summed E-state index contributed by atoms with van der Waals surface area (Å²) in [6.45, 7) is 5.18. The van der Waals surface area contributed by atoms with Crippen molar-refractivity contribution in [2.45, 2.75) is 39.6 Å². The van der Waals surface area contributed by atoms with E-state index in [-0.39, 0.29) is 12.0 Å². The Balaban J connectivity index is 1.47. The zero-order chi connectivity index (χ0) is 19.0. The van der Waals surface area contributed by atoms with E-state index in [0.717, 1.165) is 22.5 Å². The van der Waals surface area contributed by atoms with Gasteiger partial charge in [-0.3, -0.25) is 9.48 Å². The van der Waals surface area contributed by atoms with Gasteiger partial charge in [-0.15, -0.1) is 5.10 Å². The van der Waals surface area contributed by atoms with Gasteiger partial charge in [0.2, 0.25) is 0 Å². The number of amides is 1. The van der Waals surface area contributed by atoms with Gasteiger partial charge in [0.1, 0.15) is 6.10 Å². The van der Waals surface area contributed by atoms with E-state index in [2.05, 4.69) is 20.7 Å². The van der Waals surface area contributed by atoms with Crippen LogP contribution in [0.1, 0.15) is 44.8 Å². The summed E-state index contributed by atoms with van der Waals surface area (Å²) >= 11 is 0. The molecule has 1 aliphatic heterocycles. The quantitative estimate of drug-likeness (QED) is 0.761. The maximum atomic E-state index is 12.6. The van der Waals surface area contributed by atoms with Crippen LogP contribution >= 0.6 is 0 Å². The Morgan fingerprint density at radius 2 is 2.07 bits per heavy atom. The predicted molar refractivity (Wildman–Crippen MR) is 97.8 cm³/mol. The molecule has 2 aromatic heterocycles. The number of aromatic nitrogens is 5. The molecule has 8 heteroatoms. The Hall–Kier alpha value is -3.00. The first-order chi connectivity index (χ1) is 13.0. The number of nitrogens with one attached hydrogen (secondary N) is 1. The second-order valence-corrected chi connectivity index (χ2v) is 6.73. The zero-order valence-corrected chi connectivity index (χ0v) is 15.6. The number of hydrogen-bond donors (Lipinski definition) is 1. The van der Waals surface area contributed by atoms with Crippen molar-refractivity contribution < 1.29 is 9.53 Å². The summed E-state index contributed by atoms with van der Waals surface area (Å²) in [6, 6.07) is 9.99. The van der Waals surface area contributed by atoms with Gasteiger partial charge in [-0.2, -0.15) is 5.10 Å². The maximum absolute atomic E-state index is 12.6. The van der Waals surface area contributed by atoms with Crippen LogP contribution in [0.5, 0.6) is 0 Å². The van der Waals surface area contributed by atoms with Crippen molar-refractivity contribution in [3.8, 4) is 0 Å². The van der Waals surface area contributed by atoms with Gasteiger partial charge in [0.25, 0.3) is 5.91 Å². The van der Waals surface area contributed by atoms with Crippen molar-refractivity contribution in [3.05, 3.63) is 64.2 Å².